The standard InChI is InChI=1S/C21H22N4O3/c1-12-6-8-17(9-7-12)25-15(4)19(23-24-25)20(26)22-16-10-13(2)14(3)18(11-16)21(27)28-5/h6-11H,1-5H3,(H,22,26). The van der Waals surface area contributed by atoms with Gasteiger partial charge in [-0.15, -0.1) is 5.10 Å². The highest BCUT2D eigenvalue weighted by atomic mass is 16.5. The van der Waals surface area contributed by atoms with Gasteiger partial charge < -0.3 is 10.1 Å². The normalized spacial score (nSPS) is 10.6. The lowest BCUT2D eigenvalue weighted by molar-refractivity contribution is 0.0599. The Hall–Kier alpha value is -3.48. The Bertz CT molecular complexity index is 1050. The second-order valence-corrected chi connectivity index (χ2v) is 6.68. The second-order valence-electron chi connectivity index (χ2n) is 6.68. The van der Waals surface area contributed by atoms with Crippen molar-refractivity contribution < 1.29 is 14.3 Å². The third-order valence-corrected chi connectivity index (χ3v) is 4.72. The van der Waals surface area contributed by atoms with E-state index in [4.69, 9.17) is 4.74 Å². The number of methoxy groups -OCH3 is 1. The van der Waals surface area contributed by atoms with Gasteiger partial charge in [0, 0.05) is 5.69 Å². The Morgan fingerprint density at radius 3 is 2.36 bits per heavy atom. The zero-order chi connectivity index (χ0) is 20.4. The third kappa shape index (κ3) is 3.64. The van der Waals surface area contributed by atoms with E-state index in [1.807, 2.05) is 45.0 Å². The molecule has 28 heavy (non-hydrogen) atoms. The van der Waals surface area contributed by atoms with Crippen molar-refractivity contribution in [3.63, 3.8) is 0 Å². The van der Waals surface area contributed by atoms with Gasteiger partial charge in [-0.05, 0) is 63.1 Å². The van der Waals surface area contributed by atoms with Crippen molar-refractivity contribution in [2.75, 3.05) is 12.4 Å². The van der Waals surface area contributed by atoms with Crippen LogP contribution in [0.25, 0.3) is 5.69 Å². The minimum absolute atomic E-state index is 0.221. The number of nitrogens with zero attached hydrogens (tertiary/aromatic N) is 3. The summed E-state index contributed by atoms with van der Waals surface area (Å²) in [5, 5.41) is 10.9. The van der Waals surface area contributed by atoms with Crippen LogP contribution in [-0.4, -0.2) is 34.0 Å². The minimum Gasteiger partial charge on any atom is -0.465 e. The van der Waals surface area contributed by atoms with Crippen molar-refractivity contribution in [3.8, 4) is 5.69 Å². The van der Waals surface area contributed by atoms with E-state index in [9.17, 15) is 9.59 Å². The number of hydrogen-bond acceptors (Lipinski definition) is 5. The summed E-state index contributed by atoms with van der Waals surface area (Å²) in [6, 6.07) is 11.2. The monoisotopic (exact) mass is 378 g/mol. The van der Waals surface area contributed by atoms with Crippen LogP contribution in [0.5, 0.6) is 0 Å². The molecule has 3 aromatic rings. The maximum atomic E-state index is 12.7. The number of aryl methyl sites for hydroxylation is 2. The van der Waals surface area contributed by atoms with Crippen LogP contribution in [-0.2, 0) is 4.74 Å². The van der Waals surface area contributed by atoms with Crippen LogP contribution in [0.15, 0.2) is 36.4 Å². The lowest BCUT2D eigenvalue weighted by Gasteiger charge is -2.11. The summed E-state index contributed by atoms with van der Waals surface area (Å²) in [6.07, 6.45) is 0. The fraction of sp³-hybridized carbons (Fsp3) is 0.238. The highest BCUT2D eigenvalue weighted by Crippen LogP contribution is 2.22. The summed E-state index contributed by atoms with van der Waals surface area (Å²) in [6.45, 7) is 7.50. The van der Waals surface area contributed by atoms with Gasteiger partial charge in [-0.25, -0.2) is 9.48 Å². The average molecular weight is 378 g/mol. The van der Waals surface area contributed by atoms with Crippen molar-refractivity contribution in [2.45, 2.75) is 27.7 Å². The lowest BCUT2D eigenvalue weighted by atomic mass is 10.0. The molecular weight excluding hydrogens is 356 g/mol. The zero-order valence-corrected chi connectivity index (χ0v) is 16.5. The zero-order valence-electron chi connectivity index (χ0n) is 16.5. The first-order valence-corrected chi connectivity index (χ1v) is 8.82. The molecular formula is C21H22N4O3. The molecule has 0 saturated carbocycles. The van der Waals surface area contributed by atoms with Gasteiger partial charge in [0.05, 0.1) is 24.1 Å². The molecule has 1 N–H and O–H groups in total. The predicted octanol–water partition coefficient (Wildman–Crippen LogP) is 3.54. The molecule has 7 nitrogen and oxygen atoms in total. The molecule has 0 aliphatic rings. The molecule has 1 amide bonds. The number of aromatic nitrogens is 3. The van der Waals surface area contributed by atoms with E-state index in [0.29, 0.717) is 16.9 Å². The SMILES string of the molecule is COC(=O)c1cc(NC(=O)c2nnn(-c3ccc(C)cc3)c2C)cc(C)c1C. The molecule has 1 heterocycles. The molecule has 7 heteroatoms. The Morgan fingerprint density at radius 2 is 1.71 bits per heavy atom. The summed E-state index contributed by atoms with van der Waals surface area (Å²) >= 11 is 0. The van der Waals surface area contributed by atoms with Gasteiger partial charge in [0.2, 0.25) is 0 Å². The Labute approximate surface area is 163 Å². The first kappa shape index (κ1) is 19.3. The molecule has 0 bridgehead atoms. The van der Waals surface area contributed by atoms with Crippen LogP contribution in [0.3, 0.4) is 0 Å². The quantitative estimate of drug-likeness (QED) is 0.702. The Morgan fingerprint density at radius 1 is 1.04 bits per heavy atom. The second kappa shape index (κ2) is 7.64. The number of ether oxygens (including phenoxy) is 1. The summed E-state index contributed by atoms with van der Waals surface area (Å²) in [5.41, 5.74) is 5.40. The van der Waals surface area contributed by atoms with Crippen molar-refractivity contribution in [1.29, 1.82) is 0 Å². The number of rotatable bonds is 4. The van der Waals surface area contributed by atoms with Gasteiger partial charge in [0.25, 0.3) is 5.91 Å². The van der Waals surface area contributed by atoms with E-state index in [1.54, 1.807) is 23.7 Å². The molecule has 0 fully saturated rings. The smallest absolute Gasteiger partial charge is 0.338 e. The van der Waals surface area contributed by atoms with Crippen LogP contribution in [0.4, 0.5) is 5.69 Å². The number of anilines is 1. The Balaban J connectivity index is 1.89. The third-order valence-electron chi connectivity index (χ3n) is 4.72. The van der Waals surface area contributed by atoms with Crippen molar-refractivity contribution in [1.82, 2.24) is 15.0 Å². The van der Waals surface area contributed by atoms with Crippen LogP contribution < -0.4 is 5.32 Å². The fourth-order valence-corrected chi connectivity index (χ4v) is 2.91. The molecule has 144 valence electrons. The van der Waals surface area contributed by atoms with Gasteiger partial charge in [-0.3, -0.25) is 4.79 Å². The number of nitrogens with one attached hydrogen (secondary N) is 1. The van der Waals surface area contributed by atoms with Gasteiger partial charge in [0.15, 0.2) is 5.69 Å². The molecule has 0 unspecified atom stereocenters. The highest BCUT2D eigenvalue weighted by Gasteiger charge is 2.19. The molecule has 0 atom stereocenters. The summed E-state index contributed by atoms with van der Waals surface area (Å²) in [4.78, 5) is 24.7. The maximum absolute atomic E-state index is 12.7. The van der Waals surface area contributed by atoms with Gasteiger partial charge in [-0.2, -0.15) is 0 Å². The number of carbonyl (C=O) groups is 2. The van der Waals surface area contributed by atoms with Crippen molar-refractivity contribution >= 4 is 17.6 Å². The highest BCUT2D eigenvalue weighted by molar-refractivity contribution is 6.04. The number of carbonyl (C=O) groups excluding carboxylic acids is 2. The summed E-state index contributed by atoms with van der Waals surface area (Å²) in [5.74, 6) is -0.840. The van der Waals surface area contributed by atoms with E-state index in [-0.39, 0.29) is 5.69 Å². The number of benzene rings is 2. The van der Waals surface area contributed by atoms with Gasteiger partial charge >= 0.3 is 5.97 Å². The largest absolute Gasteiger partial charge is 0.465 e. The number of hydrogen-bond donors (Lipinski definition) is 1. The lowest BCUT2D eigenvalue weighted by Crippen LogP contribution is -2.15. The van der Waals surface area contributed by atoms with Crippen LogP contribution in [0, 0.1) is 27.7 Å². The molecule has 0 saturated heterocycles. The van der Waals surface area contributed by atoms with Gasteiger partial charge in [0.1, 0.15) is 0 Å². The van der Waals surface area contributed by atoms with Crippen LogP contribution in [0.2, 0.25) is 0 Å². The van der Waals surface area contributed by atoms with Gasteiger partial charge in [-0.1, -0.05) is 22.9 Å². The molecule has 1 aromatic heterocycles. The number of amides is 1. The average Bonchev–Trinajstić information content (AvgIpc) is 3.06. The van der Waals surface area contributed by atoms with Crippen LogP contribution >= 0.6 is 0 Å². The minimum atomic E-state index is -0.446. The maximum Gasteiger partial charge on any atom is 0.338 e. The molecule has 0 aliphatic carbocycles. The molecule has 0 spiro atoms. The predicted molar refractivity (Wildman–Crippen MR) is 106 cm³/mol. The molecule has 3 rings (SSSR count). The van der Waals surface area contributed by atoms with E-state index in [0.717, 1.165) is 22.4 Å². The van der Waals surface area contributed by atoms with Crippen molar-refractivity contribution in [3.05, 3.63) is 70.0 Å². The van der Waals surface area contributed by atoms with E-state index >= 15 is 0 Å². The molecule has 2 aromatic carbocycles. The first-order valence-electron chi connectivity index (χ1n) is 8.82. The molecule has 0 aliphatic heterocycles. The Kier molecular flexibility index (Phi) is 5.26. The van der Waals surface area contributed by atoms with E-state index in [2.05, 4.69) is 15.6 Å². The first-order chi connectivity index (χ1) is 13.3. The van der Waals surface area contributed by atoms with Crippen LogP contribution in [0.1, 0.15) is 43.2 Å². The number of esters is 1. The fourth-order valence-electron chi connectivity index (χ4n) is 2.91. The topological polar surface area (TPSA) is 86.1 Å². The summed E-state index contributed by atoms with van der Waals surface area (Å²) in [7, 11) is 1.33. The van der Waals surface area contributed by atoms with Crippen molar-refractivity contribution in [2.24, 2.45) is 0 Å². The molecule has 0 radical (unpaired) electrons. The van der Waals surface area contributed by atoms with E-state index < -0.39 is 11.9 Å². The summed E-state index contributed by atoms with van der Waals surface area (Å²) < 4.78 is 6.44. The van der Waals surface area contributed by atoms with E-state index in [1.165, 1.54) is 7.11 Å².